The van der Waals surface area contributed by atoms with Crippen molar-refractivity contribution in [1.82, 2.24) is 9.80 Å². The molecule has 0 aromatic heterocycles. The van der Waals surface area contributed by atoms with Crippen LogP contribution in [0.5, 0.6) is 0 Å². The van der Waals surface area contributed by atoms with Crippen LogP contribution in [0.3, 0.4) is 0 Å². The van der Waals surface area contributed by atoms with Crippen LogP contribution in [0, 0.1) is 11.8 Å². The van der Waals surface area contributed by atoms with E-state index >= 15 is 0 Å². The topological polar surface area (TPSA) is 49.6 Å². The lowest BCUT2D eigenvalue weighted by Gasteiger charge is -2.45. The molecule has 3 unspecified atom stereocenters. The van der Waals surface area contributed by atoms with Gasteiger partial charge in [-0.05, 0) is 63.5 Å². The highest BCUT2D eigenvalue weighted by molar-refractivity contribution is 5.85. The third-order valence-corrected chi connectivity index (χ3v) is 5.86. The summed E-state index contributed by atoms with van der Waals surface area (Å²) in [5, 5.41) is 0. The molecule has 3 atom stereocenters. The Labute approximate surface area is 141 Å². The van der Waals surface area contributed by atoms with Crippen molar-refractivity contribution in [2.75, 3.05) is 32.7 Å². The fourth-order valence-electron chi connectivity index (χ4n) is 4.70. The minimum Gasteiger partial charge on any atom is -0.338 e. The first-order valence-electron chi connectivity index (χ1n) is 9.00. The van der Waals surface area contributed by atoms with Crippen molar-refractivity contribution in [3.63, 3.8) is 0 Å². The molecule has 3 rings (SSSR count). The van der Waals surface area contributed by atoms with Gasteiger partial charge in [0.15, 0.2) is 0 Å². The van der Waals surface area contributed by atoms with Crippen LogP contribution < -0.4 is 5.73 Å². The minimum absolute atomic E-state index is 0. The zero-order chi connectivity index (χ0) is 14.7. The van der Waals surface area contributed by atoms with E-state index in [4.69, 9.17) is 5.73 Å². The highest BCUT2D eigenvalue weighted by Crippen LogP contribution is 2.35. The fourth-order valence-corrected chi connectivity index (χ4v) is 4.70. The lowest BCUT2D eigenvalue weighted by molar-refractivity contribution is -0.139. The second-order valence-electron chi connectivity index (χ2n) is 7.32. The van der Waals surface area contributed by atoms with Crippen LogP contribution in [0.25, 0.3) is 0 Å². The third kappa shape index (κ3) is 4.15. The van der Waals surface area contributed by atoms with E-state index in [2.05, 4.69) is 9.80 Å². The number of nitrogens with zero attached hydrogens (tertiary/aromatic N) is 2. The molecule has 2 N–H and O–H groups in total. The Bertz CT molecular complexity index is 364. The number of carbonyl (C=O) groups excluding carboxylic acids is 1. The van der Waals surface area contributed by atoms with Crippen LogP contribution in [0.4, 0.5) is 0 Å². The van der Waals surface area contributed by atoms with Crippen LogP contribution in [0.15, 0.2) is 0 Å². The summed E-state index contributed by atoms with van der Waals surface area (Å²) in [7, 11) is 0. The number of likely N-dealkylation sites (tertiary alicyclic amines) is 2. The molecule has 0 radical (unpaired) electrons. The predicted octanol–water partition coefficient (Wildman–Crippen LogP) is 2.26. The van der Waals surface area contributed by atoms with Crippen LogP contribution in [0.2, 0.25) is 0 Å². The average Bonchev–Trinajstić information content (AvgIpc) is 2.54. The molecule has 5 heteroatoms. The second kappa shape index (κ2) is 8.51. The number of amides is 1. The number of hydrogen-bond acceptors (Lipinski definition) is 3. The summed E-state index contributed by atoms with van der Waals surface area (Å²) < 4.78 is 0. The summed E-state index contributed by atoms with van der Waals surface area (Å²) in [6, 6.07) is 0.551. The monoisotopic (exact) mass is 329 g/mol. The molecule has 0 spiro atoms. The van der Waals surface area contributed by atoms with Crippen molar-refractivity contribution in [2.45, 2.75) is 57.4 Å². The lowest BCUT2D eigenvalue weighted by atomic mass is 9.78. The molecule has 3 fully saturated rings. The molecule has 0 aromatic rings. The summed E-state index contributed by atoms with van der Waals surface area (Å²) in [6.07, 6.45) is 10.2. The van der Waals surface area contributed by atoms with Crippen molar-refractivity contribution in [2.24, 2.45) is 17.6 Å². The molecular formula is C17H32ClN3O. The summed E-state index contributed by atoms with van der Waals surface area (Å²) in [6.45, 7) is 4.47. The average molecular weight is 330 g/mol. The first kappa shape index (κ1) is 18.0. The summed E-state index contributed by atoms with van der Waals surface area (Å²) in [4.78, 5) is 17.3. The zero-order valence-electron chi connectivity index (χ0n) is 13.7. The lowest BCUT2D eigenvalue weighted by Crippen LogP contribution is -2.53. The van der Waals surface area contributed by atoms with Crippen LogP contribution in [0.1, 0.15) is 51.4 Å². The van der Waals surface area contributed by atoms with Gasteiger partial charge in [0.05, 0.1) is 6.54 Å². The van der Waals surface area contributed by atoms with Gasteiger partial charge in [-0.1, -0.05) is 12.8 Å². The van der Waals surface area contributed by atoms with Crippen LogP contribution in [-0.2, 0) is 4.79 Å². The van der Waals surface area contributed by atoms with E-state index in [0.29, 0.717) is 24.4 Å². The summed E-state index contributed by atoms with van der Waals surface area (Å²) in [5.74, 6) is 1.76. The van der Waals surface area contributed by atoms with Gasteiger partial charge in [0, 0.05) is 19.1 Å². The SMILES string of the molecule is Cl.NCC1CCCN(CC(=O)N2CCCC3CCCCC32)C1. The van der Waals surface area contributed by atoms with Crippen LogP contribution >= 0.6 is 12.4 Å². The maximum absolute atomic E-state index is 12.8. The highest BCUT2D eigenvalue weighted by Gasteiger charge is 2.36. The second-order valence-corrected chi connectivity index (χ2v) is 7.32. The number of carbonyl (C=O) groups is 1. The highest BCUT2D eigenvalue weighted by atomic mass is 35.5. The number of halogens is 1. The van der Waals surface area contributed by atoms with Gasteiger partial charge in [-0.15, -0.1) is 12.4 Å². The standard InChI is InChI=1S/C17H31N3O.ClH/c18-11-14-5-3-9-19(12-14)13-17(21)20-10-4-7-15-6-1-2-8-16(15)20;/h14-16H,1-13,18H2;1H. The van der Waals surface area contributed by atoms with Crippen LogP contribution in [-0.4, -0.2) is 54.5 Å². The van der Waals surface area contributed by atoms with E-state index in [1.165, 1.54) is 51.4 Å². The van der Waals surface area contributed by atoms with E-state index in [-0.39, 0.29) is 12.4 Å². The molecule has 2 heterocycles. The molecule has 0 aromatic carbocycles. The molecule has 1 amide bonds. The fraction of sp³-hybridized carbons (Fsp3) is 0.941. The Kier molecular flexibility index (Phi) is 6.97. The van der Waals surface area contributed by atoms with Crippen molar-refractivity contribution in [3.05, 3.63) is 0 Å². The van der Waals surface area contributed by atoms with Gasteiger partial charge in [-0.3, -0.25) is 9.69 Å². The molecule has 4 nitrogen and oxygen atoms in total. The predicted molar refractivity (Wildman–Crippen MR) is 92.2 cm³/mol. The maximum atomic E-state index is 12.8. The van der Waals surface area contributed by atoms with Gasteiger partial charge < -0.3 is 10.6 Å². The van der Waals surface area contributed by atoms with Gasteiger partial charge in [0.1, 0.15) is 0 Å². The molecular weight excluding hydrogens is 298 g/mol. The number of hydrogen-bond donors (Lipinski definition) is 1. The van der Waals surface area contributed by atoms with E-state index in [0.717, 1.165) is 32.1 Å². The Hall–Kier alpha value is -0.320. The van der Waals surface area contributed by atoms with Crippen molar-refractivity contribution < 1.29 is 4.79 Å². The number of rotatable bonds is 3. The van der Waals surface area contributed by atoms with E-state index in [1.54, 1.807) is 0 Å². The van der Waals surface area contributed by atoms with Crippen molar-refractivity contribution in [1.29, 1.82) is 0 Å². The summed E-state index contributed by atoms with van der Waals surface area (Å²) in [5.41, 5.74) is 5.80. The van der Waals surface area contributed by atoms with E-state index in [1.807, 2.05) is 0 Å². The Morgan fingerprint density at radius 2 is 1.73 bits per heavy atom. The van der Waals surface area contributed by atoms with Crippen molar-refractivity contribution in [3.8, 4) is 0 Å². The molecule has 3 aliphatic rings. The molecule has 2 saturated heterocycles. The zero-order valence-corrected chi connectivity index (χ0v) is 14.5. The number of nitrogens with two attached hydrogens (primary N) is 1. The van der Waals surface area contributed by atoms with Gasteiger partial charge in [-0.25, -0.2) is 0 Å². The molecule has 2 aliphatic heterocycles. The quantitative estimate of drug-likeness (QED) is 0.864. The van der Waals surface area contributed by atoms with E-state index < -0.39 is 0 Å². The Balaban J connectivity index is 0.00000176. The van der Waals surface area contributed by atoms with Gasteiger partial charge >= 0.3 is 0 Å². The maximum Gasteiger partial charge on any atom is 0.237 e. The summed E-state index contributed by atoms with van der Waals surface area (Å²) >= 11 is 0. The number of fused-ring (bicyclic) bond motifs is 1. The normalized spacial score (nSPS) is 33.0. The Morgan fingerprint density at radius 3 is 2.55 bits per heavy atom. The van der Waals surface area contributed by atoms with Gasteiger partial charge in [0.2, 0.25) is 5.91 Å². The minimum atomic E-state index is 0. The number of piperidine rings is 2. The smallest absolute Gasteiger partial charge is 0.237 e. The molecule has 22 heavy (non-hydrogen) atoms. The molecule has 1 saturated carbocycles. The van der Waals surface area contributed by atoms with E-state index in [9.17, 15) is 4.79 Å². The van der Waals surface area contributed by atoms with Crippen molar-refractivity contribution >= 4 is 18.3 Å². The largest absolute Gasteiger partial charge is 0.338 e. The molecule has 0 bridgehead atoms. The molecule has 128 valence electrons. The molecule has 1 aliphatic carbocycles. The Morgan fingerprint density at radius 1 is 1.00 bits per heavy atom. The third-order valence-electron chi connectivity index (χ3n) is 5.86. The first-order chi connectivity index (χ1) is 10.3. The van der Waals surface area contributed by atoms with Gasteiger partial charge in [-0.2, -0.15) is 0 Å². The van der Waals surface area contributed by atoms with Gasteiger partial charge in [0.25, 0.3) is 0 Å². The first-order valence-corrected chi connectivity index (χ1v) is 9.00.